The Labute approximate surface area is 158 Å². The molecule has 0 saturated carbocycles. The summed E-state index contributed by atoms with van der Waals surface area (Å²) in [4.78, 5) is 27.4. The van der Waals surface area contributed by atoms with E-state index >= 15 is 0 Å². The van der Waals surface area contributed by atoms with Crippen LogP contribution in [-0.2, 0) is 0 Å². The summed E-state index contributed by atoms with van der Waals surface area (Å²) < 4.78 is 10.6. The van der Waals surface area contributed by atoms with Crippen molar-refractivity contribution in [2.45, 2.75) is 26.7 Å². The van der Waals surface area contributed by atoms with Crippen LogP contribution in [0, 0.1) is 19.8 Å². The Morgan fingerprint density at radius 3 is 2.33 bits per heavy atom. The Bertz CT molecular complexity index is 897. The summed E-state index contributed by atoms with van der Waals surface area (Å²) >= 11 is 0. The Hall–Kier alpha value is -2.82. The van der Waals surface area contributed by atoms with Gasteiger partial charge < -0.3 is 14.4 Å². The third-order valence-corrected chi connectivity index (χ3v) is 5.56. The number of ketones is 1. The first-order valence-electron chi connectivity index (χ1n) is 9.33. The highest BCUT2D eigenvalue weighted by atomic mass is 16.7. The van der Waals surface area contributed by atoms with Crippen LogP contribution in [0.4, 0.5) is 0 Å². The fourth-order valence-corrected chi connectivity index (χ4v) is 3.69. The van der Waals surface area contributed by atoms with E-state index in [9.17, 15) is 9.59 Å². The normalized spacial score (nSPS) is 16.4. The number of hydrogen-bond acceptors (Lipinski definition) is 4. The molecule has 2 aliphatic heterocycles. The van der Waals surface area contributed by atoms with Gasteiger partial charge in [0.15, 0.2) is 17.3 Å². The standard InChI is InChI=1S/C22H23NO4/c1-14-3-4-17(11-15(14)2)21(24)16-7-9-23(10-8-16)22(25)18-5-6-19-20(12-18)27-13-26-19/h3-6,11-12,16H,7-10,13H2,1-2H3. The molecule has 2 aromatic carbocycles. The molecule has 140 valence electrons. The highest BCUT2D eigenvalue weighted by Gasteiger charge is 2.29. The van der Waals surface area contributed by atoms with Crippen LogP contribution in [0.25, 0.3) is 0 Å². The molecule has 0 spiro atoms. The lowest BCUT2D eigenvalue weighted by Crippen LogP contribution is -2.40. The molecule has 0 aliphatic carbocycles. The Morgan fingerprint density at radius 2 is 1.59 bits per heavy atom. The Morgan fingerprint density at radius 1 is 0.889 bits per heavy atom. The number of likely N-dealkylation sites (tertiary alicyclic amines) is 1. The van der Waals surface area contributed by atoms with Gasteiger partial charge in [-0.3, -0.25) is 9.59 Å². The third-order valence-electron chi connectivity index (χ3n) is 5.56. The van der Waals surface area contributed by atoms with Gasteiger partial charge >= 0.3 is 0 Å². The maximum Gasteiger partial charge on any atom is 0.253 e. The number of nitrogens with zero attached hydrogens (tertiary/aromatic N) is 1. The number of piperidine rings is 1. The Kier molecular flexibility index (Phi) is 4.60. The fourth-order valence-electron chi connectivity index (χ4n) is 3.69. The predicted octanol–water partition coefficient (Wildman–Crippen LogP) is 3.77. The van der Waals surface area contributed by atoms with E-state index in [4.69, 9.17) is 9.47 Å². The van der Waals surface area contributed by atoms with Gasteiger partial charge in [-0.1, -0.05) is 12.1 Å². The van der Waals surface area contributed by atoms with Gasteiger partial charge in [0.2, 0.25) is 6.79 Å². The van der Waals surface area contributed by atoms with Crippen molar-refractivity contribution < 1.29 is 19.1 Å². The van der Waals surface area contributed by atoms with Crippen LogP contribution in [-0.4, -0.2) is 36.5 Å². The first kappa shape index (κ1) is 17.6. The summed E-state index contributed by atoms with van der Waals surface area (Å²) in [6.45, 7) is 5.45. The molecule has 4 rings (SSSR count). The zero-order valence-corrected chi connectivity index (χ0v) is 15.7. The number of amides is 1. The number of Topliss-reactive ketones (excluding diaryl/α,β-unsaturated/α-hetero) is 1. The van der Waals surface area contributed by atoms with E-state index in [0.29, 0.717) is 43.0 Å². The monoisotopic (exact) mass is 365 g/mol. The minimum absolute atomic E-state index is 0.0205. The van der Waals surface area contributed by atoms with Gasteiger partial charge in [0, 0.05) is 30.1 Å². The molecule has 2 aliphatic rings. The largest absolute Gasteiger partial charge is 0.454 e. The highest BCUT2D eigenvalue weighted by molar-refractivity contribution is 5.99. The van der Waals surface area contributed by atoms with Crippen molar-refractivity contribution in [3.63, 3.8) is 0 Å². The number of carbonyl (C=O) groups is 2. The number of rotatable bonds is 3. The van der Waals surface area contributed by atoms with Crippen LogP contribution < -0.4 is 9.47 Å². The number of benzene rings is 2. The smallest absolute Gasteiger partial charge is 0.253 e. The third kappa shape index (κ3) is 3.42. The quantitative estimate of drug-likeness (QED) is 0.777. The first-order valence-corrected chi connectivity index (χ1v) is 9.33. The molecule has 1 saturated heterocycles. The van der Waals surface area contributed by atoms with Crippen LogP contribution >= 0.6 is 0 Å². The van der Waals surface area contributed by atoms with Crippen LogP contribution in [0.5, 0.6) is 11.5 Å². The van der Waals surface area contributed by atoms with Crippen LogP contribution in [0.3, 0.4) is 0 Å². The molecule has 0 bridgehead atoms. The summed E-state index contributed by atoms with van der Waals surface area (Å²) in [5.74, 6) is 1.43. The predicted molar refractivity (Wildman–Crippen MR) is 101 cm³/mol. The summed E-state index contributed by atoms with van der Waals surface area (Å²) in [6, 6.07) is 11.2. The molecule has 0 N–H and O–H groups in total. The van der Waals surface area contributed by atoms with Gasteiger partial charge in [-0.25, -0.2) is 0 Å². The average Bonchev–Trinajstić information content (AvgIpc) is 3.17. The van der Waals surface area contributed by atoms with E-state index in [2.05, 4.69) is 0 Å². The number of hydrogen-bond donors (Lipinski definition) is 0. The van der Waals surface area contributed by atoms with Crippen molar-refractivity contribution in [1.29, 1.82) is 0 Å². The second-order valence-electron chi connectivity index (χ2n) is 7.30. The van der Waals surface area contributed by atoms with E-state index in [1.807, 2.05) is 36.9 Å². The van der Waals surface area contributed by atoms with E-state index in [1.54, 1.807) is 18.2 Å². The summed E-state index contributed by atoms with van der Waals surface area (Å²) in [5, 5.41) is 0. The summed E-state index contributed by atoms with van der Waals surface area (Å²) in [5.41, 5.74) is 3.70. The highest BCUT2D eigenvalue weighted by Crippen LogP contribution is 2.33. The van der Waals surface area contributed by atoms with E-state index in [1.165, 1.54) is 5.56 Å². The molecular weight excluding hydrogens is 342 g/mol. The van der Waals surface area contributed by atoms with Gasteiger partial charge in [-0.05, 0) is 62.1 Å². The molecule has 5 nitrogen and oxygen atoms in total. The van der Waals surface area contributed by atoms with Crippen molar-refractivity contribution in [1.82, 2.24) is 4.90 Å². The molecule has 2 aromatic rings. The molecule has 0 atom stereocenters. The second-order valence-corrected chi connectivity index (χ2v) is 7.30. The molecule has 1 fully saturated rings. The summed E-state index contributed by atoms with van der Waals surface area (Å²) in [7, 11) is 0. The first-order chi connectivity index (χ1) is 13.0. The second kappa shape index (κ2) is 7.06. The average molecular weight is 365 g/mol. The number of aryl methyl sites for hydroxylation is 2. The molecule has 1 amide bonds. The Balaban J connectivity index is 1.40. The van der Waals surface area contributed by atoms with Crippen LogP contribution in [0.2, 0.25) is 0 Å². The lowest BCUT2D eigenvalue weighted by Gasteiger charge is -2.31. The zero-order chi connectivity index (χ0) is 19.0. The van der Waals surface area contributed by atoms with Gasteiger partial charge in [-0.2, -0.15) is 0 Å². The van der Waals surface area contributed by atoms with E-state index in [0.717, 1.165) is 11.1 Å². The maximum atomic E-state index is 12.8. The van der Waals surface area contributed by atoms with Crippen molar-refractivity contribution in [3.05, 3.63) is 58.7 Å². The van der Waals surface area contributed by atoms with Crippen molar-refractivity contribution in [2.75, 3.05) is 19.9 Å². The summed E-state index contributed by atoms with van der Waals surface area (Å²) in [6.07, 6.45) is 1.39. The number of fused-ring (bicyclic) bond motifs is 1. The fraction of sp³-hybridized carbons (Fsp3) is 0.364. The molecule has 0 radical (unpaired) electrons. The van der Waals surface area contributed by atoms with Gasteiger partial charge in [-0.15, -0.1) is 0 Å². The molecular formula is C22H23NO4. The number of ether oxygens (including phenoxy) is 2. The molecule has 5 heteroatoms. The van der Waals surface area contributed by atoms with Gasteiger partial charge in [0.1, 0.15) is 0 Å². The molecule has 0 aromatic heterocycles. The van der Waals surface area contributed by atoms with Crippen molar-refractivity contribution in [3.8, 4) is 11.5 Å². The van der Waals surface area contributed by atoms with Crippen LogP contribution in [0.15, 0.2) is 36.4 Å². The molecule has 2 heterocycles. The van der Waals surface area contributed by atoms with Crippen LogP contribution in [0.1, 0.15) is 44.7 Å². The van der Waals surface area contributed by atoms with E-state index < -0.39 is 0 Å². The lowest BCUT2D eigenvalue weighted by atomic mass is 9.88. The minimum Gasteiger partial charge on any atom is -0.454 e. The van der Waals surface area contributed by atoms with Crippen molar-refractivity contribution >= 4 is 11.7 Å². The lowest BCUT2D eigenvalue weighted by molar-refractivity contribution is 0.0650. The minimum atomic E-state index is -0.0228. The molecule has 0 unspecified atom stereocenters. The zero-order valence-electron chi connectivity index (χ0n) is 15.7. The number of carbonyl (C=O) groups excluding carboxylic acids is 2. The van der Waals surface area contributed by atoms with Gasteiger partial charge in [0.05, 0.1) is 0 Å². The van der Waals surface area contributed by atoms with Crippen molar-refractivity contribution in [2.24, 2.45) is 5.92 Å². The van der Waals surface area contributed by atoms with E-state index in [-0.39, 0.29) is 24.4 Å². The topological polar surface area (TPSA) is 55.8 Å². The molecule has 27 heavy (non-hydrogen) atoms. The maximum absolute atomic E-state index is 12.8. The van der Waals surface area contributed by atoms with Gasteiger partial charge in [0.25, 0.3) is 5.91 Å². The SMILES string of the molecule is Cc1ccc(C(=O)C2CCN(C(=O)c3ccc4c(c3)OCO4)CC2)cc1C.